The number of nitrogens with zero attached hydrogens (tertiary/aromatic N) is 3. The molecule has 2 aromatic heterocycles. The second-order valence-electron chi connectivity index (χ2n) is 7.11. The fraction of sp³-hybridized carbons (Fsp3) is 0.579. The van der Waals surface area contributed by atoms with Gasteiger partial charge >= 0.3 is 0 Å². The van der Waals surface area contributed by atoms with E-state index in [9.17, 15) is 9.59 Å². The average Bonchev–Trinajstić information content (AvgIpc) is 3.30. The van der Waals surface area contributed by atoms with E-state index in [1.807, 2.05) is 26.8 Å². The van der Waals surface area contributed by atoms with Gasteiger partial charge in [-0.2, -0.15) is 4.98 Å². The number of aromatic nitrogens is 3. The lowest BCUT2D eigenvalue weighted by Crippen LogP contribution is -2.31. The van der Waals surface area contributed by atoms with Crippen LogP contribution in [-0.2, 0) is 16.0 Å². The number of carbonyl (C=O) groups is 1. The summed E-state index contributed by atoms with van der Waals surface area (Å²) in [7, 11) is 0. The van der Waals surface area contributed by atoms with Crippen LogP contribution >= 0.6 is 0 Å². The lowest BCUT2D eigenvalue weighted by atomic mass is 10.2. The molecule has 1 aliphatic rings. The van der Waals surface area contributed by atoms with E-state index in [0.717, 1.165) is 25.1 Å². The molecule has 1 amide bonds. The summed E-state index contributed by atoms with van der Waals surface area (Å²) in [5.41, 5.74) is 1.13. The zero-order valence-corrected chi connectivity index (χ0v) is 16.0. The molecule has 0 aromatic carbocycles. The number of hydrogen-bond acceptors (Lipinski definition) is 6. The Morgan fingerprint density at radius 1 is 1.41 bits per heavy atom. The van der Waals surface area contributed by atoms with E-state index >= 15 is 0 Å². The number of nitrogens with one attached hydrogen (secondary N) is 1. The summed E-state index contributed by atoms with van der Waals surface area (Å²) in [6.45, 7) is 7.10. The van der Waals surface area contributed by atoms with Crippen molar-refractivity contribution in [2.45, 2.75) is 58.6 Å². The Morgan fingerprint density at radius 2 is 2.22 bits per heavy atom. The van der Waals surface area contributed by atoms with Gasteiger partial charge in [-0.3, -0.25) is 9.59 Å². The fourth-order valence-corrected chi connectivity index (χ4v) is 3.27. The highest BCUT2D eigenvalue weighted by molar-refractivity contribution is 5.76. The van der Waals surface area contributed by atoms with E-state index in [1.165, 1.54) is 0 Å². The fourth-order valence-electron chi connectivity index (χ4n) is 3.27. The predicted octanol–water partition coefficient (Wildman–Crippen LogP) is 2.02. The SMILES string of the molecule is Cc1ccc(-c2noc(CCC(=O)NC[C@@H]3CCCO3)n2)c(=O)n1C(C)C. The summed E-state index contributed by atoms with van der Waals surface area (Å²) in [4.78, 5) is 28.9. The Morgan fingerprint density at radius 3 is 2.93 bits per heavy atom. The van der Waals surface area contributed by atoms with E-state index < -0.39 is 0 Å². The Hall–Kier alpha value is -2.48. The summed E-state index contributed by atoms with van der Waals surface area (Å²) in [5, 5.41) is 6.77. The summed E-state index contributed by atoms with van der Waals surface area (Å²) < 4.78 is 12.4. The number of rotatable bonds is 7. The van der Waals surface area contributed by atoms with Gasteiger partial charge in [-0.25, -0.2) is 0 Å². The highest BCUT2D eigenvalue weighted by atomic mass is 16.5. The highest BCUT2D eigenvalue weighted by Gasteiger charge is 2.18. The molecule has 0 spiro atoms. The number of carbonyl (C=O) groups excluding carboxylic acids is 1. The zero-order valence-electron chi connectivity index (χ0n) is 16.0. The molecule has 8 heteroatoms. The van der Waals surface area contributed by atoms with Crippen molar-refractivity contribution in [1.82, 2.24) is 20.0 Å². The molecule has 3 heterocycles. The second kappa shape index (κ2) is 8.47. The molecule has 1 aliphatic heterocycles. The standard InChI is InChI=1S/C19H26N4O4/c1-12(2)23-13(3)6-7-15(19(23)25)18-21-17(27-22-18)9-8-16(24)20-11-14-5-4-10-26-14/h6-7,12,14H,4-5,8-11H2,1-3H3,(H,20,24)/t14-/m0/s1. The van der Waals surface area contributed by atoms with Crippen LogP contribution in [0.15, 0.2) is 21.5 Å². The number of ether oxygens (including phenoxy) is 1. The first kappa shape index (κ1) is 19.3. The lowest BCUT2D eigenvalue weighted by Gasteiger charge is -2.14. The predicted molar refractivity (Wildman–Crippen MR) is 99.4 cm³/mol. The summed E-state index contributed by atoms with van der Waals surface area (Å²) in [5.74, 6) is 0.514. The van der Waals surface area contributed by atoms with Gasteiger partial charge in [-0.1, -0.05) is 5.16 Å². The molecule has 1 fully saturated rings. The third-order valence-electron chi connectivity index (χ3n) is 4.66. The molecular weight excluding hydrogens is 348 g/mol. The molecule has 0 bridgehead atoms. The van der Waals surface area contributed by atoms with Crippen LogP contribution in [0.1, 0.15) is 50.7 Å². The maximum Gasteiger partial charge on any atom is 0.262 e. The lowest BCUT2D eigenvalue weighted by molar-refractivity contribution is -0.121. The van der Waals surface area contributed by atoms with E-state index in [1.54, 1.807) is 10.6 Å². The van der Waals surface area contributed by atoms with Gasteiger partial charge in [0.2, 0.25) is 17.6 Å². The molecule has 27 heavy (non-hydrogen) atoms. The molecule has 2 aromatic rings. The maximum atomic E-state index is 12.7. The van der Waals surface area contributed by atoms with Crippen LogP contribution in [0.2, 0.25) is 0 Å². The first-order valence-corrected chi connectivity index (χ1v) is 9.39. The first-order chi connectivity index (χ1) is 13.0. The number of amides is 1. The monoisotopic (exact) mass is 374 g/mol. The normalized spacial score (nSPS) is 16.8. The van der Waals surface area contributed by atoms with Gasteiger partial charge in [0.1, 0.15) is 0 Å². The summed E-state index contributed by atoms with van der Waals surface area (Å²) in [6.07, 6.45) is 2.72. The van der Waals surface area contributed by atoms with Crippen LogP contribution < -0.4 is 10.9 Å². The largest absolute Gasteiger partial charge is 0.376 e. The van der Waals surface area contributed by atoms with Crippen LogP contribution in [0.5, 0.6) is 0 Å². The molecule has 8 nitrogen and oxygen atoms in total. The Labute approximate surface area is 157 Å². The second-order valence-corrected chi connectivity index (χ2v) is 7.11. The number of pyridine rings is 1. The third-order valence-corrected chi connectivity index (χ3v) is 4.66. The van der Waals surface area contributed by atoms with Crippen molar-refractivity contribution in [3.63, 3.8) is 0 Å². The Kier molecular flexibility index (Phi) is 6.05. The van der Waals surface area contributed by atoms with Crippen LogP contribution in [0.25, 0.3) is 11.4 Å². The zero-order chi connectivity index (χ0) is 19.4. The molecule has 0 radical (unpaired) electrons. The maximum absolute atomic E-state index is 12.7. The van der Waals surface area contributed by atoms with Crippen LogP contribution in [0.4, 0.5) is 0 Å². The van der Waals surface area contributed by atoms with Gasteiger partial charge in [0, 0.05) is 37.7 Å². The average molecular weight is 374 g/mol. The number of aryl methyl sites for hydroxylation is 2. The van der Waals surface area contributed by atoms with Crippen molar-refractivity contribution in [2.75, 3.05) is 13.2 Å². The Bertz CT molecular complexity index is 850. The van der Waals surface area contributed by atoms with Crippen LogP contribution in [0.3, 0.4) is 0 Å². The van der Waals surface area contributed by atoms with Crippen molar-refractivity contribution in [3.05, 3.63) is 34.1 Å². The summed E-state index contributed by atoms with van der Waals surface area (Å²) in [6, 6.07) is 3.61. The summed E-state index contributed by atoms with van der Waals surface area (Å²) >= 11 is 0. The van der Waals surface area contributed by atoms with Crippen LogP contribution in [0, 0.1) is 6.92 Å². The molecule has 0 unspecified atom stereocenters. The highest BCUT2D eigenvalue weighted by Crippen LogP contribution is 2.15. The van der Waals surface area contributed by atoms with Crippen LogP contribution in [-0.4, -0.2) is 39.9 Å². The van der Waals surface area contributed by atoms with Crippen molar-refractivity contribution >= 4 is 5.91 Å². The van der Waals surface area contributed by atoms with E-state index in [-0.39, 0.29) is 35.9 Å². The molecular formula is C19H26N4O4. The Balaban J connectivity index is 1.61. The van der Waals surface area contributed by atoms with Gasteiger partial charge in [-0.05, 0) is 45.7 Å². The number of hydrogen-bond donors (Lipinski definition) is 1. The smallest absolute Gasteiger partial charge is 0.262 e. The van der Waals surface area contributed by atoms with E-state index in [4.69, 9.17) is 9.26 Å². The quantitative estimate of drug-likeness (QED) is 0.796. The minimum absolute atomic E-state index is 0.0383. The molecule has 1 saturated heterocycles. The van der Waals surface area contributed by atoms with Crippen molar-refractivity contribution in [3.8, 4) is 11.4 Å². The molecule has 146 valence electrons. The van der Waals surface area contributed by atoms with Gasteiger partial charge in [0.05, 0.1) is 11.7 Å². The van der Waals surface area contributed by atoms with Gasteiger partial charge in [0.15, 0.2) is 0 Å². The molecule has 3 rings (SSSR count). The van der Waals surface area contributed by atoms with Crippen molar-refractivity contribution < 1.29 is 14.1 Å². The first-order valence-electron chi connectivity index (χ1n) is 9.39. The molecule has 1 N–H and O–H groups in total. The molecule has 0 saturated carbocycles. The minimum Gasteiger partial charge on any atom is -0.376 e. The minimum atomic E-state index is -0.147. The van der Waals surface area contributed by atoms with Crippen molar-refractivity contribution in [2.24, 2.45) is 0 Å². The molecule has 0 aliphatic carbocycles. The van der Waals surface area contributed by atoms with E-state index in [0.29, 0.717) is 24.4 Å². The topological polar surface area (TPSA) is 99.2 Å². The molecule has 1 atom stereocenters. The van der Waals surface area contributed by atoms with Gasteiger partial charge in [-0.15, -0.1) is 0 Å². The van der Waals surface area contributed by atoms with Gasteiger partial charge in [0.25, 0.3) is 5.56 Å². The van der Waals surface area contributed by atoms with Gasteiger partial charge < -0.3 is 19.1 Å². The van der Waals surface area contributed by atoms with Crippen molar-refractivity contribution in [1.29, 1.82) is 0 Å². The third kappa shape index (κ3) is 4.63. The van der Waals surface area contributed by atoms with E-state index in [2.05, 4.69) is 15.5 Å².